The number of aliphatic hydroxyl groups is 2. The van der Waals surface area contributed by atoms with Crippen LogP contribution >= 0.6 is 0 Å². The maximum atomic E-state index is 13.1. The number of ether oxygens (including phenoxy) is 4. The Morgan fingerprint density at radius 1 is 0.911 bits per heavy atom. The minimum atomic E-state index is -1.70. The summed E-state index contributed by atoms with van der Waals surface area (Å²) < 4.78 is 22.1. The lowest BCUT2D eigenvalue weighted by molar-refractivity contribution is -0.196. The maximum absolute atomic E-state index is 13.1. The number of amides is 3. The van der Waals surface area contributed by atoms with Crippen LogP contribution in [0.3, 0.4) is 0 Å². The fraction of sp³-hybridized carbons (Fsp3) is 0.379. The van der Waals surface area contributed by atoms with Gasteiger partial charge in [0.2, 0.25) is 12.1 Å². The summed E-state index contributed by atoms with van der Waals surface area (Å²) in [5, 5.41) is 29.8. The van der Waals surface area contributed by atoms with Gasteiger partial charge in [-0.3, -0.25) is 4.79 Å². The van der Waals surface area contributed by atoms with Crippen molar-refractivity contribution in [3.63, 3.8) is 0 Å². The molecule has 1 saturated heterocycles. The van der Waals surface area contributed by atoms with Gasteiger partial charge in [-0.25, -0.2) is 24.0 Å². The number of rotatable bonds is 14. The number of aromatic nitrogens is 3. The van der Waals surface area contributed by atoms with E-state index in [0.717, 1.165) is 22.1 Å². The lowest BCUT2D eigenvalue weighted by Gasteiger charge is -2.21. The molecule has 1 fully saturated rings. The summed E-state index contributed by atoms with van der Waals surface area (Å²) in [7, 11) is 0. The molecule has 2 heterocycles. The largest absolute Gasteiger partial charge is 0.445 e. The van der Waals surface area contributed by atoms with Crippen molar-refractivity contribution in [3.05, 3.63) is 83.9 Å². The van der Waals surface area contributed by atoms with Crippen LogP contribution in [0.15, 0.2) is 67.0 Å². The first kappa shape index (κ1) is 32.8. The van der Waals surface area contributed by atoms with Gasteiger partial charge in [0.1, 0.15) is 37.8 Å². The van der Waals surface area contributed by atoms with Crippen LogP contribution in [-0.4, -0.2) is 80.1 Å². The molecule has 3 aromatic rings. The topological polar surface area (TPSA) is 226 Å². The molecule has 0 radical (unpaired) electrons. The van der Waals surface area contributed by atoms with E-state index in [0.29, 0.717) is 12.8 Å². The average Bonchev–Trinajstić information content (AvgIpc) is 3.64. The molecule has 0 bridgehead atoms. The quantitative estimate of drug-likeness (QED) is 0.0955. The Kier molecular flexibility index (Phi) is 11.8. The predicted octanol–water partition coefficient (Wildman–Crippen LogP) is 0.889. The highest BCUT2D eigenvalue weighted by Gasteiger charge is 2.47. The first-order valence-corrected chi connectivity index (χ1v) is 14.1. The molecular formula is C29H34N6O10. The first-order chi connectivity index (χ1) is 21.7. The fourth-order valence-corrected chi connectivity index (χ4v) is 4.25. The van der Waals surface area contributed by atoms with Gasteiger partial charge in [0.05, 0.1) is 0 Å². The second-order valence-electron chi connectivity index (χ2n) is 9.97. The number of unbranched alkanes of at least 4 members (excludes halogenated alkanes) is 1. The molecule has 6 N–H and O–H groups in total. The monoisotopic (exact) mass is 626 g/mol. The van der Waals surface area contributed by atoms with Crippen LogP contribution in [0.1, 0.15) is 47.2 Å². The van der Waals surface area contributed by atoms with E-state index in [2.05, 4.69) is 20.7 Å². The molecule has 0 spiro atoms. The molecule has 0 saturated carbocycles. The lowest BCUT2D eigenvalue weighted by Crippen LogP contribution is -2.45. The van der Waals surface area contributed by atoms with Crippen LogP contribution in [0.2, 0.25) is 0 Å². The molecule has 45 heavy (non-hydrogen) atoms. The Labute approximate surface area is 257 Å². The van der Waals surface area contributed by atoms with Crippen molar-refractivity contribution in [2.75, 3.05) is 6.54 Å². The van der Waals surface area contributed by atoms with Gasteiger partial charge in [0.25, 0.3) is 5.91 Å². The normalized spacial score (nSPS) is 19.7. The second-order valence-corrected chi connectivity index (χ2v) is 9.97. The van der Waals surface area contributed by atoms with E-state index in [1.165, 1.54) is 0 Å². The Morgan fingerprint density at radius 2 is 1.53 bits per heavy atom. The van der Waals surface area contributed by atoms with Crippen molar-refractivity contribution >= 4 is 24.1 Å². The summed E-state index contributed by atoms with van der Waals surface area (Å²) in [6, 6.07) is 16.8. The molecule has 0 aliphatic carbocycles. The molecule has 16 nitrogen and oxygen atoms in total. The number of aliphatic hydroxyl groups excluding tert-OH is 2. The highest BCUT2D eigenvalue weighted by Crippen LogP contribution is 2.30. The summed E-state index contributed by atoms with van der Waals surface area (Å²) in [6.07, 6.45) is -5.91. The zero-order valence-corrected chi connectivity index (χ0v) is 24.1. The first-order valence-electron chi connectivity index (χ1n) is 14.1. The number of alkyl carbamates (subject to hydrolysis) is 2. The fourth-order valence-electron chi connectivity index (χ4n) is 4.25. The summed E-state index contributed by atoms with van der Waals surface area (Å²) in [4.78, 5) is 52.7. The summed E-state index contributed by atoms with van der Waals surface area (Å²) >= 11 is 0. The molecule has 3 amide bonds. The Bertz CT molecular complexity index is 1420. The predicted molar refractivity (Wildman–Crippen MR) is 153 cm³/mol. The van der Waals surface area contributed by atoms with Crippen LogP contribution in [0.5, 0.6) is 0 Å². The van der Waals surface area contributed by atoms with Crippen LogP contribution < -0.4 is 16.4 Å². The smallest absolute Gasteiger partial charge is 0.408 e. The molecule has 2 aromatic carbocycles. The molecule has 16 heteroatoms. The lowest BCUT2D eigenvalue weighted by atomic mass is 10.1. The van der Waals surface area contributed by atoms with Gasteiger partial charge in [-0.2, -0.15) is 0 Å². The van der Waals surface area contributed by atoms with Gasteiger partial charge in [-0.15, -0.1) is 5.10 Å². The summed E-state index contributed by atoms with van der Waals surface area (Å²) in [5.74, 6) is -2.25. The van der Waals surface area contributed by atoms with Gasteiger partial charge in [-0.1, -0.05) is 60.7 Å². The van der Waals surface area contributed by atoms with E-state index in [9.17, 15) is 29.4 Å². The van der Waals surface area contributed by atoms with Gasteiger partial charge in [0.15, 0.2) is 6.23 Å². The number of primary amides is 1. The number of carbonyl (C=O) groups is 4. The third kappa shape index (κ3) is 9.72. The van der Waals surface area contributed by atoms with Crippen molar-refractivity contribution in [2.24, 2.45) is 5.73 Å². The number of nitrogens with one attached hydrogen (secondary N) is 2. The summed E-state index contributed by atoms with van der Waals surface area (Å²) in [5.41, 5.74) is 6.71. The zero-order valence-electron chi connectivity index (χ0n) is 24.1. The standard InChI is InChI=1S/C29H34N6O10/c30-23(38)24-32-17-35(34-24)25-21(36)22(37)27(44-25)45-26(39)20(33-29(41)43-16-19-11-5-2-6-12-19)13-7-8-14-31-28(40)42-15-18-9-3-1-4-10-18/h1-6,9-12,17,20-22,25,27,36-37H,7-8,13-16H2,(H2,30,38)(H,31,40)(H,33,41)/t20-,21+,22?,25+,27+/m0/s1. The third-order valence-corrected chi connectivity index (χ3v) is 6.61. The number of benzene rings is 2. The zero-order chi connectivity index (χ0) is 32.2. The van der Waals surface area contributed by atoms with E-state index in [4.69, 9.17) is 24.7 Å². The van der Waals surface area contributed by atoms with Crippen LogP contribution in [-0.2, 0) is 37.0 Å². The minimum Gasteiger partial charge on any atom is -0.445 e. The van der Waals surface area contributed by atoms with Crippen LogP contribution in [0.4, 0.5) is 9.59 Å². The number of nitrogens with two attached hydrogens (primary N) is 1. The van der Waals surface area contributed by atoms with Gasteiger partial charge in [-0.05, 0) is 30.4 Å². The Balaban J connectivity index is 1.30. The maximum Gasteiger partial charge on any atom is 0.408 e. The molecule has 4 rings (SSSR count). The molecule has 240 valence electrons. The molecule has 1 unspecified atom stereocenters. The van der Waals surface area contributed by atoms with E-state index >= 15 is 0 Å². The van der Waals surface area contributed by atoms with E-state index < -0.39 is 54.8 Å². The number of nitrogens with zero attached hydrogens (tertiary/aromatic N) is 3. The van der Waals surface area contributed by atoms with E-state index in [-0.39, 0.29) is 32.0 Å². The number of hydrogen-bond acceptors (Lipinski definition) is 12. The number of hydrogen-bond donors (Lipinski definition) is 5. The van der Waals surface area contributed by atoms with E-state index in [1.54, 1.807) is 24.3 Å². The third-order valence-electron chi connectivity index (χ3n) is 6.61. The van der Waals surface area contributed by atoms with Crippen molar-refractivity contribution < 1.29 is 48.3 Å². The summed E-state index contributed by atoms with van der Waals surface area (Å²) in [6.45, 7) is 0.299. The van der Waals surface area contributed by atoms with Gasteiger partial charge >= 0.3 is 18.2 Å². The van der Waals surface area contributed by atoms with Crippen LogP contribution in [0, 0.1) is 0 Å². The van der Waals surface area contributed by atoms with Crippen molar-refractivity contribution in [2.45, 2.75) is 63.2 Å². The van der Waals surface area contributed by atoms with Crippen molar-refractivity contribution in [1.82, 2.24) is 25.4 Å². The van der Waals surface area contributed by atoms with E-state index in [1.807, 2.05) is 36.4 Å². The van der Waals surface area contributed by atoms with Gasteiger partial charge < -0.3 is 45.5 Å². The Hall–Kier alpha value is -5.06. The highest BCUT2D eigenvalue weighted by atomic mass is 16.7. The van der Waals surface area contributed by atoms with Crippen molar-refractivity contribution in [1.29, 1.82) is 0 Å². The van der Waals surface area contributed by atoms with Crippen molar-refractivity contribution in [3.8, 4) is 0 Å². The Morgan fingerprint density at radius 3 is 2.13 bits per heavy atom. The van der Waals surface area contributed by atoms with Crippen LogP contribution in [0.25, 0.3) is 0 Å². The minimum absolute atomic E-state index is 0.0486. The molecule has 1 aliphatic heterocycles. The molecule has 1 aliphatic rings. The van der Waals surface area contributed by atoms with Gasteiger partial charge in [0, 0.05) is 6.54 Å². The highest BCUT2D eigenvalue weighted by molar-refractivity contribution is 5.88. The SMILES string of the molecule is NC(=O)c1ncn([C@@H]2O[C@H](OC(=O)[C@H](CCCCNC(=O)OCc3ccccc3)NC(=O)OCc3ccccc3)C(O)[C@H]2O)n1. The number of esters is 1. The molecule has 5 atom stereocenters. The second kappa shape index (κ2) is 16.1. The number of carbonyl (C=O) groups excluding carboxylic acids is 4. The molecular weight excluding hydrogens is 592 g/mol. The molecule has 1 aromatic heterocycles. The average molecular weight is 627 g/mol.